The number of rotatable bonds is 1. The van der Waals surface area contributed by atoms with E-state index < -0.39 is 0 Å². The van der Waals surface area contributed by atoms with Crippen LogP contribution in [0.4, 0.5) is 10.1 Å². The Balaban J connectivity index is 3.09. The maximum absolute atomic E-state index is 12.5. The van der Waals surface area contributed by atoms with Gasteiger partial charge < -0.3 is 5.73 Å². The molecule has 0 aliphatic rings. The molecule has 54 valence electrons. The predicted molar refractivity (Wildman–Crippen MR) is 43.4 cm³/mol. The largest absolute Gasteiger partial charge is 0.398 e. The molecule has 0 aromatic heterocycles. The Morgan fingerprint density at radius 1 is 1.50 bits per heavy atom. The second-order valence-electron chi connectivity index (χ2n) is 1.98. The summed E-state index contributed by atoms with van der Waals surface area (Å²) in [5, 5.41) is 0.594. The summed E-state index contributed by atoms with van der Waals surface area (Å²) >= 11 is 3.20. The molecule has 0 spiro atoms. The summed E-state index contributed by atoms with van der Waals surface area (Å²) in [7, 11) is 0. The number of nitrogen functional groups attached to an aromatic ring is 1. The number of benzene rings is 1. The zero-order chi connectivity index (χ0) is 7.56. The van der Waals surface area contributed by atoms with Crippen LogP contribution in [0.5, 0.6) is 0 Å². The van der Waals surface area contributed by atoms with Gasteiger partial charge in [0.2, 0.25) is 0 Å². The Morgan fingerprint density at radius 3 is 2.70 bits per heavy atom. The summed E-state index contributed by atoms with van der Waals surface area (Å²) in [4.78, 5) is 0. The van der Waals surface area contributed by atoms with Crippen molar-refractivity contribution in [2.24, 2.45) is 0 Å². The normalized spacial score (nSPS) is 9.80. The third-order valence-corrected chi connectivity index (χ3v) is 1.85. The minimum absolute atomic E-state index is 0.247. The van der Waals surface area contributed by atoms with Gasteiger partial charge in [0, 0.05) is 11.0 Å². The molecule has 0 radical (unpaired) electrons. The third kappa shape index (κ3) is 1.48. The lowest BCUT2D eigenvalue weighted by molar-refractivity contribution is 0.627. The van der Waals surface area contributed by atoms with Gasteiger partial charge in [-0.1, -0.05) is 15.9 Å². The van der Waals surface area contributed by atoms with Crippen molar-refractivity contribution in [3.63, 3.8) is 0 Å². The van der Waals surface area contributed by atoms with Crippen LogP contribution < -0.4 is 5.73 Å². The molecule has 0 unspecified atom stereocenters. The quantitative estimate of drug-likeness (QED) is 0.551. The van der Waals surface area contributed by atoms with Crippen LogP contribution in [0.2, 0.25) is 0 Å². The Hall–Kier alpha value is -0.570. The molecule has 0 atom stereocenters. The van der Waals surface area contributed by atoms with Crippen LogP contribution in [-0.2, 0) is 5.33 Å². The fourth-order valence-corrected chi connectivity index (χ4v) is 1.18. The molecule has 1 aromatic carbocycles. The minimum atomic E-state index is -0.247. The predicted octanol–water partition coefficient (Wildman–Crippen LogP) is 2.30. The second-order valence-corrected chi connectivity index (χ2v) is 2.54. The zero-order valence-electron chi connectivity index (χ0n) is 5.27. The van der Waals surface area contributed by atoms with Crippen molar-refractivity contribution in [2.75, 3.05) is 5.73 Å². The minimum Gasteiger partial charge on any atom is -0.398 e. The first kappa shape index (κ1) is 7.54. The second kappa shape index (κ2) is 3.01. The molecule has 0 aliphatic carbocycles. The monoisotopic (exact) mass is 203 g/mol. The molecule has 1 aromatic rings. The molecular formula is C7H7BrFN. The van der Waals surface area contributed by atoms with E-state index in [2.05, 4.69) is 15.9 Å². The average Bonchev–Trinajstić information content (AvgIpc) is 1.94. The van der Waals surface area contributed by atoms with E-state index in [1.165, 1.54) is 12.1 Å². The van der Waals surface area contributed by atoms with Gasteiger partial charge >= 0.3 is 0 Å². The zero-order valence-corrected chi connectivity index (χ0v) is 6.86. The average molecular weight is 204 g/mol. The van der Waals surface area contributed by atoms with Crippen LogP contribution in [0.15, 0.2) is 18.2 Å². The van der Waals surface area contributed by atoms with E-state index in [0.29, 0.717) is 11.0 Å². The van der Waals surface area contributed by atoms with E-state index in [9.17, 15) is 4.39 Å². The van der Waals surface area contributed by atoms with Gasteiger partial charge in [0.15, 0.2) is 0 Å². The number of nitrogens with two attached hydrogens (primary N) is 1. The number of alkyl halides is 1. The lowest BCUT2D eigenvalue weighted by atomic mass is 10.2. The smallest absolute Gasteiger partial charge is 0.123 e. The van der Waals surface area contributed by atoms with Crippen LogP contribution in [0.3, 0.4) is 0 Å². The van der Waals surface area contributed by atoms with Crippen LogP contribution in [0.1, 0.15) is 5.56 Å². The van der Waals surface area contributed by atoms with E-state index in [4.69, 9.17) is 5.73 Å². The van der Waals surface area contributed by atoms with Gasteiger partial charge in [0.25, 0.3) is 0 Å². The van der Waals surface area contributed by atoms with Crippen molar-refractivity contribution in [1.82, 2.24) is 0 Å². The number of anilines is 1. The summed E-state index contributed by atoms with van der Waals surface area (Å²) in [5.41, 5.74) is 6.92. The third-order valence-electron chi connectivity index (χ3n) is 1.25. The maximum Gasteiger partial charge on any atom is 0.123 e. The first-order chi connectivity index (χ1) is 4.74. The summed E-state index contributed by atoms with van der Waals surface area (Å²) in [6.45, 7) is 0. The van der Waals surface area contributed by atoms with Crippen molar-refractivity contribution < 1.29 is 4.39 Å². The highest BCUT2D eigenvalue weighted by molar-refractivity contribution is 9.08. The highest BCUT2D eigenvalue weighted by Crippen LogP contribution is 2.15. The maximum atomic E-state index is 12.5. The molecule has 0 saturated carbocycles. The molecule has 10 heavy (non-hydrogen) atoms. The van der Waals surface area contributed by atoms with Crippen LogP contribution in [-0.4, -0.2) is 0 Å². The van der Waals surface area contributed by atoms with Crippen molar-refractivity contribution in [3.05, 3.63) is 29.6 Å². The van der Waals surface area contributed by atoms with Crippen LogP contribution >= 0.6 is 15.9 Å². The molecule has 0 amide bonds. The SMILES string of the molecule is Nc1ccc(F)cc1CBr. The first-order valence-electron chi connectivity index (χ1n) is 2.84. The molecule has 1 rings (SSSR count). The van der Waals surface area contributed by atoms with E-state index >= 15 is 0 Å². The first-order valence-corrected chi connectivity index (χ1v) is 3.96. The lowest BCUT2D eigenvalue weighted by Gasteiger charge is -1.99. The molecule has 3 heteroatoms. The van der Waals surface area contributed by atoms with E-state index in [-0.39, 0.29) is 5.82 Å². The molecule has 1 nitrogen and oxygen atoms in total. The molecule has 0 bridgehead atoms. The van der Waals surface area contributed by atoms with Gasteiger partial charge in [-0.25, -0.2) is 4.39 Å². The van der Waals surface area contributed by atoms with Gasteiger partial charge in [-0.15, -0.1) is 0 Å². The highest BCUT2D eigenvalue weighted by atomic mass is 79.9. The molecule has 0 fully saturated rings. The molecule has 0 saturated heterocycles. The number of hydrogen-bond acceptors (Lipinski definition) is 1. The van der Waals surface area contributed by atoms with E-state index in [1.54, 1.807) is 6.07 Å². The van der Waals surface area contributed by atoms with Gasteiger partial charge in [0.05, 0.1) is 0 Å². The highest BCUT2D eigenvalue weighted by Gasteiger charge is 1.97. The summed E-state index contributed by atoms with van der Waals surface area (Å²) in [6, 6.07) is 4.33. The molecule has 2 N–H and O–H groups in total. The Bertz CT molecular complexity index is 237. The van der Waals surface area contributed by atoms with Crippen LogP contribution in [0.25, 0.3) is 0 Å². The summed E-state index contributed by atoms with van der Waals surface area (Å²) in [5.74, 6) is -0.247. The molecular weight excluding hydrogens is 197 g/mol. The lowest BCUT2D eigenvalue weighted by Crippen LogP contribution is -1.91. The van der Waals surface area contributed by atoms with Crippen molar-refractivity contribution >= 4 is 21.6 Å². The molecule has 0 aliphatic heterocycles. The Morgan fingerprint density at radius 2 is 2.20 bits per heavy atom. The fraction of sp³-hybridized carbons (Fsp3) is 0.143. The summed E-state index contributed by atoms with van der Waals surface area (Å²) < 4.78 is 12.5. The van der Waals surface area contributed by atoms with Crippen molar-refractivity contribution in [2.45, 2.75) is 5.33 Å². The fourth-order valence-electron chi connectivity index (χ4n) is 0.690. The van der Waals surface area contributed by atoms with Crippen LogP contribution in [0, 0.1) is 5.82 Å². The van der Waals surface area contributed by atoms with E-state index in [1.807, 2.05) is 0 Å². The van der Waals surface area contributed by atoms with Gasteiger partial charge in [-0.05, 0) is 23.8 Å². The van der Waals surface area contributed by atoms with Gasteiger partial charge in [-0.2, -0.15) is 0 Å². The van der Waals surface area contributed by atoms with Crippen molar-refractivity contribution in [3.8, 4) is 0 Å². The molecule has 0 heterocycles. The van der Waals surface area contributed by atoms with Gasteiger partial charge in [-0.3, -0.25) is 0 Å². The van der Waals surface area contributed by atoms with Gasteiger partial charge in [0.1, 0.15) is 5.82 Å². The standard InChI is InChI=1S/C7H7BrFN/c8-4-5-3-6(9)1-2-7(5)10/h1-3H,4,10H2. The number of hydrogen-bond donors (Lipinski definition) is 1. The Labute approximate surface area is 67.2 Å². The van der Waals surface area contributed by atoms with E-state index in [0.717, 1.165) is 5.56 Å². The van der Waals surface area contributed by atoms with Crippen molar-refractivity contribution in [1.29, 1.82) is 0 Å². The Kier molecular flexibility index (Phi) is 2.27. The number of halogens is 2. The topological polar surface area (TPSA) is 26.0 Å². The summed E-state index contributed by atoms with van der Waals surface area (Å²) in [6.07, 6.45) is 0.